The standard InChI is InChI=1S/C20H19F2N3O2/c1-3-25-13(2)18(11-23-25)24-20(26)15-6-4-5-14(9-15)12-27-19-8-7-16(21)10-17(19)22/h4-11H,3,12H2,1-2H3,(H,24,26). The zero-order chi connectivity index (χ0) is 19.4. The Labute approximate surface area is 155 Å². The van der Waals surface area contributed by atoms with Crippen LogP contribution in [-0.4, -0.2) is 15.7 Å². The van der Waals surface area contributed by atoms with E-state index in [2.05, 4.69) is 10.4 Å². The molecule has 0 unspecified atom stereocenters. The van der Waals surface area contributed by atoms with Crippen LogP contribution in [0.15, 0.2) is 48.7 Å². The van der Waals surface area contributed by atoms with Gasteiger partial charge in [0.1, 0.15) is 12.4 Å². The number of halogens is 2. The number of nitrogens with one attached hydrogen (secondary N) is 1. The van der Waals surface area contributed by atoms with Crippen molar-refractivity contribution in [2.24, 2.45) is 0 Å². The molecule has 7 heteroatoms. The SMILES string of the molecule is CCn1ncc(NC(=O)c2cccc(COc3ccc(F)cc3F)c2)c1C. The number of carbonyl (C=O) groups is 1. The molecule has 140 valence electrons. The number of ether oxygens (including phenoxy) is 1. The Hall–Kier alpha value is -3.22. The summed E-state index contributed by atoms with van der Waals surface area (Å²) in [6.07, 6.45) is 1.61. The average molecular weight is 371 g/mol. The number of amides is 1. The lowest BCUT2D eigenvalue weighted by Crippen LogP contribution is -2.13. The minimum atomic E-state index is -0.771. The van der Waals surface area contributed by atoms with Crippen molar-refractivity contribution in [2.75, 3.05) is 5.32 Å². The fourth-order valence-electron chi connectivity index (χ4n) is 2.64. The summed E-state index contributed by atoms with van der Waals surface area (Å²) in [5.74, 6) is -1.76. The lowest BCUT2D eigenvalue weighted by molar-refractivity contribution is 0.102. The van der Waals surface area contributed by atoms with Gasteiger partial charge in [-0.3, -0.25) is 9.48 Å². The number of carbonyl (C=O) groups excluding carboxylic acids is 1. The highest BCUT2D eigenvalue weighted by atomic mass is 19.1. The zero-order valence-corrected chi connectivity index (χ0v) is 15.0. The lowest BCUT2D eigenvalue weighted by Gasteiger charge is -2.09. The van der Waals surface area contributed by atoms with Gasteiger partial charge in [0, 0.05) is 18.2 Å². The summed E-state index contributed by atoms with van der Waals surface area (Å²) in [4.78, 5) is 12.5. The van der Waals surface area contributed by atoms with E-state index in [0.717, 1.165) is 17.8 Å². The molecular weight excluding hydrogens is 352 g/mol. The summed E-state index contributed by atoms with van der Waals surface area (Å²) in [5, 5.41) is 7.03. The predicted molar refractivity (Wildman–Crippen MR) is 97.7 cm³/mol. The molecule has 0 saturated heterocycles. The molecule has 27 heavy (non-hydrogen) atoms. The smallest absolute Gasteiger partial charge is 0.255 e. The Kier molecular flexibility index (Phi) is 5.49. The van der Waals surface area contributed by atoms with Gasteiger partial charge in [-0.15, -0.1) is 0 Å². The van der Waals surface area contributed by atoms with Crippen LogP contribution in [0.1, 0.15) is 28.5 Å². The molecule has 1 heterocycles. The van der Waals surface area contributed by atoms with Gasteiger partial charge < -0.3 is 10.1 Å². The van der Waals surface area contributed by atoms with Gasteiger partial charge in [0.2, 0.25) is 0 Å². The van der Waals surface area contributed by atoms with Crippen LogP contribution in [0.3, 0.4) is 0 Å². The highest BCUT2D eigenvalue weighted by Gasteiger charge is 2.12. The number of rotatable bonds is 6. The first kappa shape index (κ1) is 18.6. The van der Waals surface area contributed by atoms with E-state index < -0.39 is 11.6 Å². The molecule has 0 radical (unpaired) electrons. The van der Waals surface area contributed by atoms with E-state index in [9.17, 15) is 13.6 Å². The van der Waals surface area contributed by atoms with Crippen molar-refractivity contribution in [1.29, 1.82) is 0 Å². The molecule has 3 aromatic rings. The third kappa shape index (κ3) is 4.31. The van der Waals surface area contributed by atoms with Crippen LogP contribution >= 0.6 is 0 Å². The normalized spacial score (nSPS) is 10.7. The van der Waals surface area contributed by atoms with Crippen LogP contribution in [0.5, 0.6) is 5.75 Å². The van der Waals surface area contributed by atoms with Crippen LogP contribution in [0.25, 0.3) is 0 Å². The number of aryl methyl sites for hydroxylation is 1. The molecule has 0 atom stereocenters. The molecule has 0 fully saturated rings. The second-order valence-electron chi connectivity index (χ2n) is 5.98. The molecule has 1 aromatic heterocycles. The van der Waals surface area contributed by atoms with E-state index in [-0.39, 0.29) is 18.3 Å². The first-order chi connectivity index (χ1) is 13.0. The van der Waals surface area contributed by atoms with Gasteiger partial charge in [-0.2, -0.15) is 5.10 Å². The number of nitrogens with zero attached hydrogens (tertiary/aromatic N) is 2. The summed E-state index contributed by atoms with van der Waals surface area (Å²) < 4.78 is 33.7. The van der Waals surface area contributed by atoms with E-state index in [0.29, 0.717) is 23.4 Å². The van der Waals surface area contributed by atoms with E-state index in [1.165, 1.54) is 6.07 Å². The maximum Gasteiger partial charge on any atom is 0.255 e. The van der Waals surface area contributed by atoms with Crippen LogP contribution in [-0.2, 0) is 13.2 Å². The maximum atomic E-state index is 13.6. The Bertz CT molecular complexity index is 970. The largest absolute Gasteiger partial charge is 0.486 e. The zero-order valence-electron chi connectivity index (χ0n) is 15.0. The number of aromatic nitrogens is 2. The second kappa shape index (κ2) is 7.99. The van der Waals surface area contributed by atoms with Crippen LogP contribution in [0, 0.1) is 18.6 Å². The van der Waals surface area contributed by atoms with Crippen molar-refractivity contribution in [3.63, 3.8) is 0 Å². The third-order valence-corrected chi connectivity index (χ3v) is 4.13. The number of hydrogen-bond donors (Lipinski definition) is 1. The highest BCUT2D eigenvalue weighted by Crippen LogP contribution is 2.20. The predicted octanol–water partition coefficient (Wildman–Crippen LogP) is 4.32. The highest BCUT2D eigenvalue weighted by molar-refractivity contribution is 6.04. The molecule has 3 rings (SSSR count). The average Bonchev–Trinajstić information content (AvgIpc) is 3.01. The monoisotopic (exact) mass is 371 g/mol. The molecule has 1 amide bonds. The molecule has 5 nitrogen and oxygen atoms in total. The van der Waals surface area contributed by atoms with Gasteiger partial charge in [0.05, 0.1) is 17.6 Å². The molecule has 2 aromatic carbocycles. The van der Waals surface area contributed by atoms with Gasteiger partial charge in [0.15, 0.2) is 11.6 Å². The molecule has 0 bridgehead atoms. The van der Waals surface area contributed by atoms with Crippen molar-refractivity contribution < 1.29 is 18.3 Å². The van der Waals surface area contributed by atoms with Crippen molar-refractivity contribution in [3.8, 4) is 5.75 Å². The van der Waals surface area contributed by atoms with Crippen LogP contribution < -0.4 is 10.1 Å². The van der Waals surface area contributed by atoms with E-state index in [1.807, 2.05) is 13.8 Å². The van der Waals surface area contributed by atoms with Gasteiger partial charge in [-0.25, -0.2) is 8.78 Å². The topological polar surface area (TPSA) is 56.2 Å². The maximum absolute atomic E-state index is 13.6. The molecule has 0 spiro atoms. The number of benzene rings is 2. The fraction of sp³-hybridized carbons (Fsp3) is 0.200. The Morgan fingerprint density at radius 1 is 1.22 bits per heavy atom. The van der Waals surface area contributed by atoms with Gasteiger partial charge in [0.25, 0.3) is 5.91 Å². The summed E-state index contributed by atoms with van der Waals surface area (Å²) in [7, 11) is 0. The van der Waals surface area contributed by atoms with Crippen molar-refractivity contribution in [3.05, 3.63) is 77.1 Å². The number of anilines is 1. The first-order valence-electron chi connectivity index (χ1n) is 8.48. The van der Waals surface area contributed by atoms with Crippen LogP contribution in [0.4, 0.5) is 14.5 Å². The van der Waals surface area contributed by atoms with Gasteiger partial charge in [-0.1, -0.05) is 12.1 Å². The Morgan fingerprint density at radius 2 is 2.04 bits per heavy atom. The first-order valence-corrected chi connectivity index (χ1v) is 8.48. The Balaban J connectivity index is 1.69. The van der Waals surface area contributed by atoms with Crippen LogP contribution in [0.2, 0.25) is 0 Å². The summed E-state index contributed by atoms with van der Waals surface area (Å²) in [6.45, 7) is 4.62. The third-order valence-electron chi connectivity index (χ3n) is 4.13. The molecular formula is C20H19F2N3O2. The second-order valence-corrected chi connectivity index (χ2v) is 5.98. The molecule has 0 aliphatic heterocycles. The summed E-state index contributed by atoms with van der Waals surface area (Å²) in [6, 6.07) is 9.94. The molecule has 0 aliphatic carbocycles. The molecule has 0 saturated carbocycles. The van der Waals surface area contributed by atoms with Gasteiger partial charge >= 0.3 is 0 Å². The molecule has 1 N–H and O–H groups in total. The lowest BCUT2D eigenvalue weighted by atomic mass is 10.1. The quantitative estimate of drug-likeness (QED) is 0.702. The van der Waals surface area contributed by atoms with E-state index in [4.69, 9.17) is 4.74 Å². The molecule has 0 aliphatic rings. The minimum Gasteiger partial charge on any atom is -0.486 e. The minimum absolute atomic E-state index is 0.0474. The fourth-order valence-corrected chi connectivity index (χ4v) is 2.64. The van der Waals surface area contributed by atoms with E-state index >= 15 is 0 Å². The number of hydrogen-bond acceptors (Lipinski definition) is 3. The van der Waals surface area contributed by atoms with E-state index in [1.54, 1.807) is 35.1 Å². The summed E-state index contributed by atoms with van der Waals surface area (Å²) >= 11 is 0. The van der Waals surface area contributed by atoms with Crippen molar-refractivity contribution in [2.45, 2.75) is 27.0 Å². The van der Waals surface area contributed by atoms with Crippen molar-refractivity contribution in [1.82, 2.24) is 9.78 Å². The van der Waals surface area contributed by atoms with Gasteiger partial charge in [-0.05, 0) is 43.7 Å². The van der Waals surface area contributed by atoms with Crippen molar-refractivity contribution >= 4 is 11.6 Å². The summed E-state index contributed by atoms with van der Waals surface area (Å²) in [5.41, 5.74) is 2.65. The Morgan fingerprint density at radius 3 is 2.74 bits per heavy atom.